The maximum atomic E-state index is 8.46. The first-order valence-corrected chi connectivity index (χ1v) is 3.05. The Kier molecular flexibility index (Phi) is 2.43. The van der Waals surface area contributed by atoms with E-state index in [1.165, 1.54) is 0 Å². The van der Waals surface area contributed by atoms with Crippen LogP contribution in [0.5, 0.6) is 0 Å². The second kappa shape index (κ2) is 4.09. The molecular formula is C7H9BO2. The van der Waals surface area contributed by atoms with Crippen molar-refractivity contribution in [2.45, 2.75) is 6.61 Å². The highest BCUT2D eigenvalue weighted by atomic mass is 16.5. The second-order valence-corrected chi connectivity index (χ2v) is 1.90. The molecule has 10 heavy (non-hydrogen) atoms. The van der Waals surface area contributed by atoms with Gasteiger partial charge in [-0.25, -0.2) is 0 Å². The van der Waals surface area contributed by atoms with Crippen LogP contribution in [0.4, 0.5) is 0 Å². The van der Waals surface area contributed by atoms with E-state index in [2.05, 4.69) is 4.65 Å². The Morgan fingerprint density at radius 1 is 1.50 bits per heavy atom. The highest BCUT2D eigenvalue weighted by Crippen LogP contribution is 1.98. The van der Waals surface area contributed by atoms with Crippen molar-refractivity contribution < 1.29 is 9.68 Å². The molecule has 0 bridgehead atoms. The summed E-state index contributed by atoms with van der Waals surface area (Å²) in [5.41, 5.74) is 0.957. The number of hydrogen-bond donors (Lipinski definition) is 1. The van der Waals surface area contributed by atoms with Crippen LogP contribution in [0, 0.1) is 0 Å². The Hall–Kier alpha value is -0.795. The molecule has 0 radical (unpaired) electrons. The highest BCUT2D eigenvalue weighted by Gasteiger charge is 1.88. The zero-order valence-electron chi connectivity index (χ0n) is 6.53. The van der Waals surface area contributed by atoms with Gasteiger partial charge in [-0.15, -0.1) is 0 Å². The van der Waals surface area contributed by atoms with E-state index in [9.17, 15) is 0 Å². The lowest BCUT2D eigenvalue weighted by Crippen LogP contribution is -1.96. The van der Waals surface area contributed by atoms with E-state index in [1.807, 2.05) is 30.3 Å². The van der Waals surface area contributed by atoms with Crippen molar-refractivity contribution in [3.05, 3.63) is 35.9 Å². The van der Waals surface area contributed by atoms with Crippen LogP contribution in [0.2, 0.25) is 0 Å². The fourth-order valence-electron chi connectivity index (χ4n) is 0.708. The van der Waals surface area contributed by atoms with Crippen molar-refractivity contribution in [3.63, 3.8) is 0 Å². The van der Waals surface area contributed by atoms with Gasteiger partial charge in [-0.2, -0.15) is 0 Å². The Labute approximate surface area is 62.1 Å². The van der Waals surface area contributed by atoms with Gasteiger partial charge in [0.25, 0.3) is 0 Å². The third-order valence-corrected chi connectivity index (χ3v) is 1.17. The van der Waals surface area contributed by atoms with Crippen molar-refractivity contribution in [2.75, 3.05) is 0 Å². The predicted octanol–water partition coefficient (Wildman–Crippen LogP) is 0.462. The predicted molar refractivity (Wildman–Crippen MR) is 40.6 cm³/mol. The van der Waals surface area contributed by atoms with E-state index < -0.39 is 7.65 Å². The van der Waals surface area contributed by atoms with Crippen molar-refractivity contribution >= 4 is 7.65 Å². The smallest absolute Gasteiger partial charge is 0.430 e. The van der Waals surface area contributed by atoms with E-state index in [1.54, 1.807) is 0 Å². The first kappa shape index (κ1) is 5.95. The molecule has 0 amide bonds. The van der Waals surface area contributed by atoms with Gasteiger partial charge in [0.1, 0.15) is 0 Å². The summed E-state index contributed by atoms with van der Waals surface area (Å²) in [6, 6.07) is 9.43. The summed E-state index contributed by atoms with van der Waals surface area (Å²) < 4.78 is 11.3. The molecule has 52 valence electrons. The van der Waals surface area contributed by atoms with Crippen molar-refractivity contribution in [2.24, 2.45) is 0 Å². The lowest BCUT2D eigenvalue weighted by Gasteiger charge is -1.97. The van der Waals surface area contributed by atoms with Gasteiger partial charge < -0.3 is 9.68 Å². The van der Waals surface area contributed by atoms with Crippen LogP contribution in [-0.2, 0) is 11.3 Å². The Morgan fingerprint density at radius 3 is 2.80 bits per heavy atom. The van der Waals surface area contributed by atoms with Gasteiger partial charge >= 0.3 is 7.65 Å². The molecule has 1 rings (SSSR count). The lowest BCUT2D eigenvalue weighted by molar-refractivity contribution is 0.273. The third kappa shape index (κ3) is 2.21. The molecule has 0 saturated carbocycles. The fourth-order valence-corrected chi connectivity index (χ4v) is 0.708. The summed E-state index contributed by atoms with van der Waals surface area (Å²) in [6.45, 7) is 0.283. The SMILES string of the molecule is [2H]B(O)OCc1ccccc1. The van der Waals surface area contributed by atoms with Crippen LogP contribution in [0.15, 0.2) is 30.3 Å². The normalized spacial score (nSPS) is 10.7. The molecule has 1 aromatic rings. The second-order valence-electron chi connectivity index (χ2n) is 1.90. The van der Waals surface area contributed by atoms with E-state index >= 15 is 0 Å². The Morgan fingerprint density at radius 2 is 2.20 bits per heavy atom. The summed E-state index contributed by atoms with van der Waals surface area (Å²) >= 11 is 0. The van der Waals surface area contributed by atoms with Gasteiger partial charge in [-0.1, -0.05) is 30.3 Å². The molecule has 1 aromatic carbocycles. The highest BCUT2D eigenvalue weighted by molar-refractivity contribution is 6.15. The van der Waals surface area contributed by atoms with Crippen LogP contribution >= 0.6 is 0 Å². The first-order valence-electron chi connectivity index (χ1n) is 3.62. The minimum absolute atomic E-state index is 0.283. The minimum atomic E-state index is -1.43. The molecule has 0 aliphatic heterocycles. The quantitative estimate of drug-likeness (QED) is 0.613. The summed E-state index contributed by atoms with van der Waals surface area (Å²) in [5, 5.41) is 8.46. The molecule has 0 aliphatic rings. The van der Waals surface area contributed by atoms with Crippen LogP contribution in [0.3, 0.4) is 0 Å². The molecular weight excluding hydrogens is 127 g/mol. The van der Waals surface area contributed by atoms with E-state index in [0.29, 0.717) is 0 Å². The summed E-state index contributed by atoms with van der Waals surface area (Å²) in [6.07, 6.45) is 0. The molecule has 2 nitrogen and oxygen atoms in total. The molecule has 3 heteroatoms. The molecule has 0 saturated heterocycles. The Balaban J connectivity index is 2.39. The molecule has 0 unspecified atom stereocenters. The Bertz CT molecular complexity index is 203. The largest absolute Gasteiger partial charge is 0.435 e. The van der Waals surface area contributed by atoms with Gasteiger partial charge in [-0.05, 0) is 5.56 Å². The van der Waals surface area contributed by atoms with E-state index in [0.717, 1.165) is 5.56 Å². The van der Waals surface area contributed by atoms with Gasteiger partial charge in [0.05, 0.1) is 7.94 Å². The third-order valence-electron chi connectivity index (χ3n) is 1.17. The van der Waals surface area contributed by atoms with Crippen LogP contribution < -0.4 is 0 Å². The minimum Gasteiger partial charge on any atom is -0.430 e. The molecule has 0 heterocycles. The topological polar surface area (TPSA) is 29.5 Å². The summed E-state index contributed by atoms with van der Waals surface area (Å²) in [4.78, 5) is 0. The average Bonchev–Trinajstić information content (AvgIpc) is 2.03. The molecule has 0 aromatic heterocycles. The average molecular weight is 137 g/mol. The fraction of sp³-hybridized carbons (Fsp3) is 0.143. The van der Waals surface area contributed by atoms with Gasteiger partial charge in [0.15, 0.2) is 0 Å². The number of hydrogen-bond acceptors (Lipinski definition) is 2. The zero-order chi connectivity index (χ0) is 8.10. The van der Waals surface area contributed by atoms with Crippen molar-refractivity contribution in [1.82, 2.24) is 0 Å². The molecule has 0 atom stereocenters. The van der Waals surface area contributed by atoms with E-state index in [-0.39, 0.29) is 6.61 Å². The number of rotatable bonds is 3. The summed E-state index contributed by atoms with van der Waals surface area (Å²) in [7, 11) is -1.43. The van der Waals surface area contributed by atoms with E-state index in [4.69, 9.17) is 6.36 Å². The van der Waals surface area contributed by atoms with Gasteiger partial charge in [-0.3, -0.25) is 0 Å². The zero-order valence-corrected chi connectivity index (χ0v) is 5.53. The molecule has 0 spiro atoms. The summed E-state index contributed by atoms with van der Waals surface area (Å²) in [5.74, 6) is 0. The van der Waals surface area contributed by atoms with Crippen LogP contribution in [0.25, 0.3) is 0 Å². The number of benzene rings is 1. The standard InChI is InChI=1S/C7H9BO2/c9-8-10-6-7-4-2-1-3-5-7/h1-5,8-9H,6H2/i8D. The van der Waals surface area contributed by atoms with Crippen LogP contribution in [-0.4, -0.2) is 14.0 Å². The van der Waals surface area contributed by atoms with Crippen LogP contribution in [0.1, 0.15) is 5.56 Å². The van der Waals surface area contributed by atoms with Gasteiger partial charge in [0, 0.05) is 0 Å². The monoisotopic (exact) mass is 137 g/mol. The molecule has 0 fully saturated rings. The molecule has 0 aliphatic carbocycles. The lowest BCUT2D eigenvalue weighted by atomic mass is 10.2. The van der Waals surface area contributed by atoms with Crippen molar-refractivity contribution in [3.8, 4) is 0 Å². The molecule has 1 N–H and O–H groups in total. The van der Waals surface area contributed by atoms with Gasteiger partial charge in [0.2, 0.25) is 0 Å². The maximum absolute atomic E-state index is 8.46. The van der Waals surface area contributed by atoms with Crippen molar-refractivity contribution in [1.29, 1.82) is 1.34 Å². The first-order chi connectivity index (χ1) is 5.29. The maximum Gasteiger partial charge on any atom is 0.435 e.